The van der Waals surface area contributed by atoms with Gasteiger partial charge in [-0.2, -0.15) is 0 Å². The zero-order valence-electron chi connectivity index (χ0n) is 9.30. The molecule has 2 aromatic carbocycles. The van der Waals surface area contributed by atoms with Crippen LogP contribution in [0.3, 0.4) is 0 Å². The third-order valence-corrected chi connectivity index (χ3v) is 3.13. The van der Waals surface area contributed by atoms with Crippen LogP contribution in [0.4, 0.5) is 21.5 Å². The summed E-state index contributed by atoms with van der Waals surface area (Å²) in [5.41, 5.74) is 9.27. The van der Waals surface area contributed by atoms with Crippen LogP contribution in [0.2, 0.25) is 0 Å². The van der Waals surface area contributed by atoms with E-state index >= 15 is 0 Å². The summed E-state index contributed by atoms with van der Waals surface area (Å²) in [6, 6.07) is 10.5. The number of aryl methyl sites for hydroxylation is 1. The number of nitrogens with one attached hydrogen (secondary N) is 1. The fourth-order valence-corrected chi connectivity index (χ4v) is 1.90. The topological polar surface area (TPSA) is 38.0 Å². The lowest BCUT2D eigenvalue weighted by atomic mass is 10.1. The third kappa shape index (κ3) is 2.58. The van der Waals surface area contributed by atoms with Crippen molar-refractivity contribution in [2.75, 3.05) is 11.1 Å². The number of nitrogens with two attached hydrogens (primary N) is 1. The van der Waals surface area contributed by atoms with Gasteiger partial charge < -0.3 is 11.1 Å². The van der Waals surface area contributed by atoms with Gasteiger partial charge in [-0.1, -0.05) is 12.1 Å². The molecule has 2 aromatic rings. The molecule has 3 N–H and O–H groups in total. The maximum Gasteiger partial charge on any atom is 0.137 e. The highest BCUT2D eigenvalue weighted by molar-refractivity contribution is 9.10. The van der Waals surface area contributed by atoms with Crippen molar-refractivity contribution in [1.82, 2.24) is 0 Å². The Balaban J connectivity index is 2.31. The number of hydrogen-bond acceptors (Lipinski definition) is 2. The van der Waals surface area contributed by atoms with Crippen molar-refractivity contribution in [3.05, 3.63) is 52.3 Å². The molecule has 0 fully saturated rings. The van der Waals surface area contributed by atoms with Crippen LogP contribution in [0, 0.1) is 12.7 Å². The second kappa shape index (κ2) is 4.75. The Morgan fingerprint density at radius 1 is 1.24 bits per heavy atom. The zero-order valence-corrected chi connectivity index (χ0v) is 10.9. The standard InChI is InChI=1S/C13H12BrFN2/c1-8-3-2-4-12(13(8)16)17-9-5-6-11(15)10(14)7-9/h2-7,17H,16H2,1H3. The average Bonchev–Trinajstić information content (AvgIpc) is 2.30. The van der Waals surface area contributed by atoms with Gasteiger partial charge in [-0.25, -0.2) is 4.39 Å². The summed E-state index contributed by atoms with van der Waals surface area (Å²) in [5.74, 6) is -0.284. The summed E-state index contributed by atoms with van der Waals surface area (Å²) >= 11 is 3.15. The van der Waals surface area contributed by atoms with Gasteiger partial charge in [0.05, 0.1) is 15.8 Å². The number of hydrogen-bond donors (Lipinski definition) is 2. The minimum atomic E-state index is -0.284. The van der Waals surface area contributed by atoms with Crippen molar-refractivity contribution in [3.63, 3.8) is 0 Å². The highest BCUT2D eigenvalue weighted by Gasteiger charge is 2.04. The molecule has 0 heterocycles. The van der Waals surface area contributed by atoms with E-state index in [2.05, 4.69) is 21.2 Å². The first kappa shape index (κ1) is 11.9. The summed E-state index contributed by atoms with van der Waals surface area (Å²) in [5, 5.41) is 3.16. The van der Waals surface area contributed by atoms with Crippen LogP contribution in [0.5, 0.6) is 0 Å². The van der Waals surface area contributed by atoms with Crippen molar-refractivity contribution >= 4 is 33.0 Å². The molecule has 2 nitrogen and oxygen atoms in total. The molecule has 0 saturated carbocycles. The van der Waals surface area contributed by atoms with Gasteiger partial charge in [0.2, 0.25) is 0 Å². The average molecular weight is 295 g/mol. The molecule has 0 aliphatic rings. The van der Waals surface area contributed by atoms with Crippen LogP contribution in [0.1, 0.15) is 5.56 Å². The predicted molar refractivity (Wildman–Crippen MR) is 73.0 cm³/mol. The third-order valence-electron chi connectivity index (χ3n) is 2.52. The van der Waals surface area contributed by atoms with Crippen LogP contribution < -0.4 is 11.1 Å². The fourth-order valence-electron chi connectivity index (χ4n) is 1.52. The SMILES string of the molecule is Cc1cccc(Nc2ccc(F)c(Br)c2)c1N. The van der Waals surface area contributed by atoms with Crippen LogP contribution >= 0.6 is 15.9 Å². The molecule has 0 aliphatic heterocycles. The maximum absolute atomic E-state index is 13.1. The van der Waals surface area contributed by atoms with E-state index < -0.39 is 0 Å². The van der Waals surface area contributed by atoms with E-state index in [0.29, 0.717) is 10.2 Å². The van der Waals surface area contributed by atoms with Gasteiger partial charge >= 0.3 is 0 Å². The van der Waals surface area contributed by atoms with Crippen molar-refractivity contribution in [2.24, 2.45) is 0 Å². The van der Waals surface area contributed by atoms with Gasteiger partial charge in [0.25, 0.3) is 0 Å². The van der Waals surface area contributed by atoms with Gasteiger partial charge in [0, 0.05) is 5.69 Å². The van der Waals surface area contributed by atoms with E-state index in [1.807, 2.05) is 25.1 Å². The van der Waals surface area contributed by atoms with E-state index in [9.17, 15) is 4.39 Å². The number of anilines is 3. The van der Waals surface area contributed by atoms with E-state index in [0.717, 1.165) is 16.9 Å². The Labute approximate surface area is 108 Å². The molecule has 0 aromatic heterocycles. The number of benzene rings is 2. The van der Waals surface area contributed by atoms with Crippen molar-refractivity contribution in [1.29, 1.82) is 0 Å². The normalized spacial score (nSPS) is 10.3. The Morgan fingerprint density at radius 2 is 2.00 bits per heavy atom. The second-order valence-corrected chi connectivity index (χ2v) is 4.64. The Kier molecular flexibility index (Phi) is 3.33. The molecule has 88 valence electrons. The minimum Gasteiger partial charge on any atom is -0.397 e. The summed E-state index contributed by atoms with van der Waals surface area (Å²) in [4.78, 5) is 0. The van der Waals surface area contributed by atoms with Crippen LogP contribution in [-0.2, 0) is 0 Å². The molecule has 0 unspecified atom stereocenters. The molecule has 0 spiro atoms. The summed E-state index contributed by atoms with van der Waals surface area (Å²) in [6.45, 7) is 1.95. The fraction of sp³-hybridized carbons (Fsp3) is 0.0769. The van der Waals surface area contributed by atoms with Gasteiger partial charge in [0.15, 0.2) is 0 Å². The first-order chi connectivity index (χ1) is 8.08. The monoisotopic (exact) mass is 294 g/mol. The summed E-state index contributed by atoms with van der Waals surface area (Å²) in [6.07, 6.45) is 0. The molecule has 0 atom stereocenters. The van der Waals surface area contributed by atoms with Crippen LogP contribution in [0.15, 0.2) is 40.9 Å². The van der Waals surface area contributed by atoms with E-state index in [1.165, 1.54) is 6.07 Å². The lowest BCUT2D eigenvalue weighted by molar-refractivity contribution is 0.621. The number of para-hydroxylation sites is 1. The molecule has 2 rings (SSSR count). The zero-order chi connectivity index (χ0) is 12.4. The van der Waals surface area contributed by atoms with Gasteiger partial charge in [0.1, 0.15) is 5.82 Å². The number of rotatable bonds is 2. The molecular formula is C13H12BrFN2. The van der Waals surface area contributed by atoms with Crippen LogP contribution in [-0.4, -0.2) is 0 Å². The lowest BCUT2D eigenvalue weighted by Crippen LogP contribution is -1.98. The first-order valence-electron chi connectivity index (χ1n) is 5.15. The van der Waals surface area contributed by atoms with Crippen molar-refractivity contribution < 1.29 is 4.39 Å². The van der Waals surface area contributed by atoms with E-state index in [1.54, 1.807) is 12.1 Å². The van der Waals surface area contributed by atoms with Crippen molar-refractivity contribution in [3.8, 4) is 0 Å². The molecule has 4 heteroatoms. The van der Waals surface area contributed by atoms with Crippen molar-refractivity contribution in [2.45, 2.75) is 6.92 Å². The maximum atomic E-state index is 13.1. The first-order valence-corrected chi connectivity index (χ1v) is 5.94. The molecule has 17 heavy (non-hydrogen) atoms. The molecule has 0 bridgehead atoms. The van der Waals surface area contributed by atoms with Crippen LogP contribution in [0.25, 0.3) is 0 Å². The molecular weight excluding hydrogens is 283 g/mol. The molecule has 0 saturated heterocycles. The lowest BCUT2D eigenvalue weighted by Gasteiger charge is -2.11. The van der Waals surface area contributed by atoms with E-state index in [4.69, 9.17) is 5.73 Å². The number of halogens is 2. The summed E-state index contributed by atoms with van der Waals surface area (Å²) < 4.78 is 13.5. The largest absolute Gasteiger partial charge is 0.397 e. The highest BCUT2D eigenvalue weighted by Crippen LogP contribution is 2.27. The highest BCUT2D eigenvalue weighted by atomic mass is 79.9. The molecule has 0 amide bonds. The van der Waals surface area contributed by atoms with Gasteiger partial charge in [-0.15, -0.1) is 0 Å². The van der Waals surface area contributed by atoms with Gasteiger partial charge in [-0.05, 0) is 52.7 Å². The number of nitrogen functional groups attached to an aromatic ring is 1. The molecule has 0 aliphatic carbocycles. The Bertz CT molecular complexity index is 555. The summed E-state index contributed by atoms with van der Waals surface area (Å²) in [7, 11) is 0. The minimum absolute atomic E-state index is 0.284. The molecule has 0 radical (unpaired) electrons. The second-order valence-electron chi connectivity index (χ2n) is 3.79. The van der Waals surface area contributed by atoms with E-state index in [-0.39, 0.29) is 5.82 Å². The Hall–Kier alpha value is -1.55. The Morgan fingerprint density at radius 3 is 2.71 bits per heavy atom. The predicted octanol–water partition coefficient (Wildman–Crippen LogP) is 4.22. The van der Waals surface area contributed by atoms with Gasteiger partial charge in [-0.3, -0.25) is 0 Å². The smallest absolute Gasteiger partial charge is 0.137 e. The quantitative estimate of drug-likeness (QED) is 0.814.